The molecule has 0 bridgehead atoms. The third kappa shape index (κ3) is 3.84. The molecule has 148 valence electrons. The Kier molecular flexibility index (Phi) is 5.51. The van der Waals surface area contributed by atoms with Gasteiger partial charge >= 0.3 is 0 Å². The van der Waals surface area contributed by atoms with Crippen LogP contribution in [0.15, 0.2) is 35.4 Å². The second-order valence-corrected chi connectivity index (χ2v) is 9.04. The molecule has 0 spiro atoms. The standard InChI is InChI=1S/C22H27N3O2S/c1-14(2)11-23-16-7-8-18-19(10-16)28-21-20(18)22(26)25(13-24-21)12-15-5-4-6-17(9-15)27-3/h4-6,9,13-14,16,23H,7-8,10-12H2,1-3H3. The summed E-state index contributed by atoms with van der Waals surface area (Å²) in [7, 11) is 1.65. The number of fused-ring (bicyclic) bond motifs is 3. The average molecular weight is 398 g/mol. The molecule has 0 saturated heterocycles. The number of ether oxygens (including phenoxy) is 1. The zero-order valence-electron chi connectivity index (χ0n) is 16.7. The second kappa shape index (κ2) is 8.05. The molecule has 0 radical (unpaired) electrons. The van der Waals surface area contributed by atoms with E-state index in [0.717, 1.165) is 47.3 Å². The minimum absolute atomic E-state index is 0.0684. The molecule has 1 unspecified atom stereocenters. The quantitative estimate of drug-likeness (QED) is 0.690. The molecule has 3 aromatic rings. The average Bonchev–Trinajstić information content (AvgIpc) is 3.07. The Morgan fingerprint density at radius 1 is 1.39 bits per heavy atom. The van der Waals surface area contributed by atoms with Gasteiger partial charge in [-0.1, -0.05) is 26.0 Å². The molecule has 0 aliphatic heterocycles. The number of rotatable bonds is 6. The predicted molar refractivity (Wildman–Crippen MR) is 115 cm³/mol. The Labute approximate surface area is 169 Å². The van der Waals surface area contributed by atoms with Crippen molar-refractivity contribution in [1.82, 2.24) is 14.9 Å². The molecule has 1 aromatic carbocycles. The first kappa shape index (κ1) is 19.2. The molecule has 1 atom stereocenters. The number of nitrogens with one attached hydrogen (secondary N) is 1. The summed E-state index contributed by atoms with van der Waals surface area (Å²) < 4.78 is 7.01. The molecule has 0 amide bonds. The molecule has 1 N–H and O–H groups in total. The number of aryl methyl sites for hydroxylation is 1. The molecular weight excluding hydrogens is 370 g/mol. The van der Waals surface area contributed by atoms with Crippen LogP contribution in [0.1, 0.15) is 36.3 Å². The molecule has 6 heteroatoms. The smallest absolute Gasteiger partial charge is 0.262 e. The van der Waals surface area contributed by atoms with E-state index < -0.39 is 0 Å². The molecule has 1 aliphatic rings. The minimum atomic E-state index is 0.0684. The van der Waals surface area contributed by atoms with Crippen molar-refractivity contribution >= 4 is 21.6 Å². The van der Waals surface area contributed by atoms with E-state index >= 15 is 0 Å². The summed E-state index contributed by atoms with van der Waals surface area (Å²) in [6, 6.07) is 8.33. The number of hydrogen-bond donors (Lipinski definition) is 1. The lowest BCUT2D eigenvalue weighted by atomic mass is 9.93. The van der Waals surface area contributed by atoms with Gasteiger partial charge in [0.1, 0.15) is 10.6 Å². The van der Waals surface area contributed by atoms with E-state index in [9.17, 15) is 4.79 Å². The first-order valence-electron chi connectivity index (χ1n) is 9.91. The summed E-state index contributed by atoms with van der Waals surface area (Å²) in [6.07, 6.45) is 4.71. The van der Waals surface area contributed by atoms with E-state index in [1.54, 1.807) is 29.3 Å². The molecule has 0 saturated carbocycles. The van der Waals surface area contributed by atoms with Gasteiger partial charge in [-0.05, 0) is 55.0 Å². The van der Waals surface area contributed by atoms with E-state index in [1.165, 1.54) is 10.4 Å². The number of nitrogens with zero attached hydrogens (tertiary/aromatic N) is 2. The normalized spacial score (nSPS) is 16.5. The Bertz CT molecular complexity index is 1040. The largest absolute Gasteiger partial charge is 0.497 e. The van der Waals surface area contributed by atoms with Crippen LogP contribution >= 0.6 is 11.3 Å². The van der Waals surface area contributed by atoms with Crippen molar-refractivity contribution in [1.29, 1.82) is 0 Å². The first-order valence-corrected chi connectivity index (χ1v) is 10.7. The zero-order chi connectivity index (χ0) is 19.7. The van der Waals surface area contributed by atoms with Crippen LogP contribution in [0, 0.1) is 5.92 Å². The van der Waals surface area contributed by atoms with Crippen LogP contribution in [-0.4, -0.2) is 29.2 Å². The monoisotopic (exact) mass is 397 g/mol. The van der Waals surface area contributed by atoms with Crippen LogP contribution < -0.4 is 15.6 Å². The van der Waals surface area contributed by atoms with Crippen LogP contribution in [0.25, 0.3) is 10.2 Å². The number of thiophene rings is 1. The maximum atomic E-state index is 13.2. The van der Waals surface area contributed by atoms with Crippen molar-refractivity contribution in [3.8, 4) is 5.75 Å². The van der Waals surface area contributed by atoms with Crippen molar-refractivity contribution in [3.05, 3.63) is 57.0 Å². The lowest BCUT2D eigenvalue weighted by Gasteiger charge is -2.24. The lowest BCUT2D eigenvalue weighted by Crippen LogP contribution is -2.36. The van der Waals surface area contributed by atoms with Crippen molar-refractivity contribution in [3.63, 3.8) is 0 Å². The van der Waals surface area contributed by atoms with Gasteiger partial charge in [0.2, 0.25) is 0 Å². The Morgan fingerprint density at radius 3 is 3.04 bits per heavy atom. The van der Waals surface area contributed by atoms with Crippen LogP contribution in [0.5, 0.6) is 5.75 Å². The fourth-order valence-electron chi connectivity index (χ4n) is 3.86. The van der Waals surface area contributed by atoms with Crippen molar-refractivity contribution in [2.45, 2.75) is 45.7 Å². The zero-order valence-corrected chi connectivity index (χ0v) is 17.5. The van der Waals surface area contributed by atoms with Crippen LogP contribution in [0.3, 0.4) is 0 Å². The predicted octanol–water partition coefficient (Wildman–Crippen LogP) is 3.62. The van der Waals surface area contributed by atoms with Gasteiger partial charge in [-0.25, -0.2) is 4.98 Å². The van der Waals surface area contributed by atoms with E-state index in [0.29, 0.717) is 18.5 Å². The van der Waals surface area contributed by atoms with Gasteiger partial charge in [0, 0.05) is 10.9 Å². The summed E-state index contributed by atoms with van der Waals surface area (Å²) in [5.74, 6) is 1.45. The molecule has 0 fully saturated rings. The highest BCUT2D eigenvalue weighted by molar-refractivity contribution is 7.18. The highest BCUT2D eigenvalue weighted by Gasteiger charge is 2.25. The van der Waals surface area contributed by atoms with Gasteiger partial charge in [0.25, 0.3) is 5.56 Å². The maximum absolute atomic E-state index is 13.2. The summed E-state index contributed by atoms with van der Waals surface area (Å²) in [5, 5.41) is 4.49. The van der Waals surface area contributed by atoms with Crippen LogP contribution in [0.4, 0.5) is 0 Å². The third-order valence-corrected chi connectivity index (χ3v) is 6.50. The third-order valence-electron chi connectivity index (χ3n) is 5.34. The fourth-order valence-corrected chi connectivity index (χ4v) is 5.12. The van der Waals surface area contributed by atoms with E-state index in [2.05, 4.69) is 24.1 Å². The molecule has 1 aliphatic carbocycles. The molecule has 2 heterocycles. The van der Waals surface area contributed by atoms with Gasteiger partial charge in [-0.3, -0.25) is 9.36 Å². The SMILES string of the molecule is COc1cccc(Cn2cnc3sc4c(c3c2=O)CCC(NCC(C)C)C4)c1. The van der Waals surface area contributed by atoms with Crippen molar-refractivity contribution < 1.29 is 4.74 Å². The highest BCUT2D eigenvalue weighted by Crippen LogP contribution is 2.33. The summed E-state index contributed by atoms with van der Waals surface area (Å²) in [5.41, 5.74) is 2.32. The number of benzene rings is 1. The summed E-state index contributed by atoms with van der Waals surface area (Å²) in [6.45, 7) is 6.00. The number of hydrogen-bond acceptors (Lipinski definition) is 5. The van der Waals surface area contributed by atoms with Gasteiger partial charge < -0.3 is 10.1 Å². The number of aromatic nitrogens is 2. The lowest BCUT2D eigenvalue weighted by molar-refractivity contribution is 0.414. The second-order valence-electron chi connectivity index (χ2n) is 7.95. The van der Waals surface area contributed by atoms with Crippen LogP contribution in [0.2, 0.25) is 0 Å². The molecule has 2 aromatic heterocycles. The van der Waals surface area contributed by atoms with Gasteiger partial charge in [0.05, 0.1) is 25.4 Å². The Hall–Kier alpha value is -2.18. The minimum Gasteiger partial charge on any atom is -0.497 e. The van der Waals surface area contributed by atoms with Gasteiger partial charge in [0.15, 0.2) is 0 Å². The summed E-state index contributed by atoms with van der Waals surface area (Å²) >= 11 is 1.69. The van der Waals surface area contributed by atoms with E-state index in [-0.39, 0.29) is 5.56 Å². The molecular formula is C22H27N3O2S. The topological polar surface area (TPSA) is 56.2 Å². The fraction of sp³-hybridized carbons (Fsp3) is 0.455. The van der Waals surface area contributed by atoms with Crippen molar-refractivity contribution in [2.75, 3.05) is 13.7 Å². The Morgan fingerprint density at radius 2 is 2.25 bits per heavy atom. The molecule has 5 nitrogen and oxygen atoms in total. The van der Waals surface area contributed by atoms with Gasteiger partial charge in [-0.2, -0.15) is 0 Å². The number of methoxy groups -OCH3 is 1. The molecule has 28 heavy (non-hydrogen) atoms. The van der Waals surface area contributed by atoms with Gasteiger partial charge in [-0.15, -0.1) is 11.3 Å². The molecule has 4 rings (SSSR count). The highest BCUT2D eigenvalue weighted by atomic mass is 32.1. The first-order chi connectivity index (χ1) is 13.5. The van der Waals surface area contributed by atoms with Crippen LogP contribution in [-0.2, 0) is 19.4 Å². The maximum Gasteiger partial charge on any atom is 0.262 e. The van der Waals surface area contributed by atoms with E-state index in [1.807, 2.05) is 24.3 Å². The van der Waals surface area contributed by atoms with Crippen molar-refractivity contribution in [2.24, 2.45) is 5.92 Å². The Balaban J connectivity index is 1.62. The summed E-state index contributed by atoms with van der Waals surface area (Å²) in [4.78, 5) is 20.0. The van der Waals surface area contributed by atoms with E-state index in [4.69, 9.17) is 4.74 Å².